The van der Waals surface area contributed by atoms with Crippen molar-refractivity contribution in [2.75, 3.05) is 26.8 Å². The van der Waals surface area contributed by atoms with Crippen molar-refractivity contribution in [2.24, 2.45) is 0 Å². The van der Waals surface area contributed by atoms with Crippen LogP contribution in [0.15, 0.2) is 18.2 Å². The summed E-state index contributed by atoms with van der Waals surface area (Å²) in [6.07, 6.45) is 1.84. The van der Waals surface area contributed by atoms with Crippen molar-refractivity contribution in [1.82, 2.24) is 5.32 Å². The van der Waals surface area contributed by atoms with Crippen molar-refractivity contribution in [3.05, 3.63) is 29.3 Å². The van der Waals surface area contributed by atoms with Gasteiger partial charge in [-0.25, -0.2) is 0 Å². The van der Waals surface area contributed by atoms with Crippen LogP contribution in [0.1, 0.15) is 25.0 Å². The van der Waals surface area contributed by atoms with E-state index in [1.165, 1.54) is 11.1 Å². The van der Waals surface area contributed by atoms with E-state index in [0.29, 0.717) is 6.61 Å². The number of esters is 1. The van der Waals surface area contributed by atoms with E-state index in [1.807, 2.05) is 13.0 Å². The van der Waals surface area contributed by atoms with Crippen molar-refractivity contribution >= 4 is 5.97 Å². The predicted octanol–water partition coefficient (Wildman–Crippen LogP) is 1.95. The van der Waals surface area contributed by atoms with Crippen LogP contribution in [0, 0.1) is 0 Å². The first-order valence-corrected chi connectivity index (χ1v) is 6.73. The number of rotatable bonds is 8. The lowest BCUT2D eigenvalue weighted by molar-refractivity contribution is -0.141. The maximum absolute atomic E-state index is 11.1. The van der Waals surface area contributed by atoms with Crippen LogP contribution < -0.4 is 10.1 Å². The smallest absolute Gasteiger partial charge is 0.319 e. The molecule has 0 atom stereocenters. The molecule has 1 N–H and O–H groups in total. The molecule has 0 bridgehead atoms. The van der Waals surface area contributed by atoms with Gasteiger partial charge in [0.15, 0.2) is 0 Å². The molecular formula is C15H23NO3. The second-order valence-electron chi connectivity index (χ2n) is 4.23. The molecule has 0 amide bonds. The first-order valence-electron chi connectivity index (χ1n) is 6.73. The Labute approximate surface area is 115 Å². The average Bonchev–Trinajstić information content (AvgIpc) is 2.43. The first-order chi connectivity index (χ1) is 9.21. The molecular weight excluding hydrogens is 242 g/mol. The molecule has 0 aliphatic rings. The van der Waals surface area contributed by atoms with Gasteiger partial charge in [0.2, 0.25) is 0 Å². The van der Waals surface area contributed by atoms with Crippen molar-refractivity contribution in [3.63, 3.8) is 0 Å². The van der Waals surface area contributed by atoms with Crippen molar-refractivity contribution in [3.8, 4) is 5.75 Å². The highest BCUT2D eigenvalue weighted by Gasteiger charge is 2.03. The molecule has 0 aliphatic carbocycles. The minimum atomic E-state index is -0.202. The minimum Gasteiger partial charge on any atom is -0.496 e. The summed E-state index contributed by atoms with van der Waals surface area (Å²) in [4.78, 5) is 11.1. The standard InChI is InChI=1S/C15H23NO3/c1-4-13-10-12(6-7-14(13)18-3)8-9-16-11-15(17)19-5-2/h6-7,10,16H,4-5,8-9,11H2,1-3H3. The zero-order chi connectivity index (χ0) is 14.1. The molecule has 1 aromatic rings. The third kappa shape index (κ3) is 5.30. The Balaban J connectivity index is 2.39. The lowest BCUT2D eigenvalue weighted by Crippen LogP contribution is -2.26. The van der Waals surface area contributed by atoms with Gasteiger partial charge in [-0.1, -0.05) is 19.1 Å². The third-order valence-corrected chi connectivity index (χ3v) is 2.89. The Hall–Kier alpha value is -1.55. The number of hydrogen-bond acceptors (Lipinski definition) is 4. The van der Waals surface area contributed by atoms with Crippen molar-refractivity contribution in [2.45, 2.75) is 26.7 Å². The molecule has 0 spiro atoms. The summed E-state index contributed by atoms with van der Waals surface area (Å²) in [6, 6.07) is 6.22. The third-order valence-electron chi connectivity index (χ3n) is 2.89. The number of benzene rings is 1. The average molecular weight is 265 g/mol. The summed E-state index contributed by atoms with van der Waals surface area (Å²) in [5, 5.41) is 3.08. The molecule has 0 saturated carbocycles. The Bertz CT molecular complexity index is 404. The van der Waals surface area contributed by atoms with Gasteiger partial charge in [0.05, 0.1) is 20.3 Å². The van der Waals surface area contributed by atoms with Gasteiger partial charge in [-0.05, 0) is 43.5 Å². The first kappa shape index (κ1) is 15.5. The molecule has 0 unspecified atom stereocenters. The monoisotopic (exact) mass is 265 g/mol. The molecule has 0 heterocycles. The van der Waals surface area contributed by atoms with Crippen LogP contribution in [0.4, 0.5) is 0 Å². The van der Waals surface area contributed by atoms with E-state index >= 15 is 0 Å². The Morgan fingerprint density at radius 1 is 1.32 bits per heavy atom. The van der Waals surface area contributed by atoms with Gasteiger partial charge in [0.25, 0.3) is 0 Å². The molecule has 0 radical (unpaired) electrons. The zero-order valence-corrected chi connectivity index (χ0v) is 12.0. The highest BCUT2D eigenvalue weighted by atomic mass is 16.5. The maximum Gasteiger partial charge on any atom is 0.319 e. The lowest BCUT2D eigenvalue weighted by Gasteiger charge is -2.09. The van der Waals surface area contributed by atoms with E-state index in [-0.39, 0.29) is 12.5 Å². The topological polar surface area (TPSA) is 47.6 Å². The SMILES string of the molecule is CCOC(=O)CNCCc1ccc(OC)c(CC)c1. The van der Waals surface area contributed by atoms with Gasteiger partial charge in [0.1, 0.15) is 5.75 Å². The van der Waals surface area contributed by atoms with Crippen LogP contribution >= 0.6 is 0 Å². The quantitative estimate of drug-likeness (QED) is 0.576. The van der Waals surface area contributed by atoms with Gasteiger partial charge < -0.3 is 14.8 Å². The van der Waals surface area contributed by atoms with Crippen LogP contribution in [0.3, 0.4) is 0 Å². The molecule has 19 heavy (non-hydrogen) atoms. The number of aryl methyl sites for hydroxylation is 1. The van der Waals surface area contributed by atoms with Crippen LogP contribution in [-0.4, -0.2) is 32.8 Å². The lowest BCUT2D eigenvalue weighted by atomic mass is 10.1. The number of carbonyl (C=O) groups is 1. The fourth-order valence-electron chi connectivity index (χ4n) is 1.90. The molecule has 4 heteroatoms. The summed E-state index contributed by atoms with van der Waals surface area (Å²) >= 11 is 0. The van der Waals surface area contributed by atoms with E-state index in [1.54, 1.807) is 7.11 Å². The second kappa shape index (κ2) is 8.53. The highest BCUT2D eigenvalue weighted by molar-refractivity contribution is 5.71. The minimum absolute atomic E-state index is 0.202. The van der Waals surface area contributed by atoms with E-state index in [4.69, 9.17) is 9.47 Å². The summed E-state index contributed by atoms with van der Waals surface area (Å²) in [7, 11) is 1.69. The van der Waals surface area contributed by atoms with Crippen molar-refractivity contribution in [1.29, 1.82) is 0 Å². The number of methoxy groups -OCH3 is 1. The number of hydrogen-bond donors (Lipinski definition) is 1. The van der Waals surface area contributed by atoms with E-state index in [9.17, 15) is 4.79 Å². The summed E-state index contributed by atoms with van der Waals surface area (Å²) in [5.74, 6) is 0.734. The Kier molecular flexibility index (Phi) is 6.97. The van der Waals surface area contributed by atoms with Gasteiger partial charge in [-0.15, -0.1) is 0 Å². The van der Waals surface area contributed by atoms with Crippen LogP contribution in [-0.2, 0) is 22.4 Å². The van der Waals surface area contributed by atoms with Crippen LogP contribution in [0.5, 0.6) is 5.75 Å². The van der Waals surface area contributed by atoms with Gasteiger partial charge in [-0.2, -0.15) is 0 Å². The highest BCUT2D eigenvalue weighted by Crippen LogP contribution is 2.20. The second-order valence-corrected chi connectivity index (χ2v) is 4.23. The molecule has 0 saturated heterocycles. The molecule has 4 nitrogen and oxygen atoms in total. The summed E-state index contributed by atoms with van der Waals surface area (Å²) in [5.41, 5.74) is 2.46. The van der Waals surface area contributed by atoms with Crippen molar-refractivity contribution < 1.29 is 14.3 Å². The summed E-state index contributed by atoms with van der Waals surface area (Å²) in [6.45, 7) is 5.37. The Morgan fingerprint density at radius 2 is 2.11 bits per heavy atom. The largest absolute Gasteiger partial charge is 0.496 e. The van der Waals surface area contributed by atoms with Crippen LogP contribution in [0.2, 0.25) is 0 Å². The fraction of sp³-hybridized carbons (Fsp3) is 0.533. The molecule has 0 aromatic heterocycles. The normalized spacial score (nSPS) is 10.3. The van der Waals surface area contributed by atoms with E-state index in [2.05, 4.69) is 24.4 Å². The number of carbonyl (C=O) groups excluding carboxylic acids is 1. The van der Waals surface area contributed by atoms with Gasteiger partial charge in [0, 0.05) is 0 Å². The van der Waals surface area contributed by atoms with Gasteiger partial charge in [-0.3, -0.25) is 4.79 Å². The van der Waals surface area contributed by atoms with E-state index < -0.39 is 0 Å². The number of nitrogens with one attached hydrogen (secondary N) is 1. The predicted molar refractivity (Wildman–Crippen MR) is 75.6 cm³/mol. The molecule has 1 aromatic carbocycles. The Morgan fingerprint density at radius 3 is 2.74 bits per heavy atom. The van der Waals surface area contributed by atoms with E-state index in [0.717, 1.165) is 25.1 Å². The molecule has 0 aliphatic heterocycles. The van der Waals surface area contributed by atoms with Gasteiger partial charge >= 0.3 is 5.97 Å². The number of ether oxygens (including phenoxy) is 2. The van der Waals surface area contributed by atoms with Crippen LogP contribution in [0.25, 0.3) is 0 Å². The zero-order valence-electron chi connectivity index (χ0n) is 12.0. The fourth-order valence-corrected chi connectivity index (χ4v) is 1.90. The summed E-state index contributed by atoms with van der Waals surface area (Å²) < 4.78 is 10.1. The maximum atomic E-state index is 11.1. The molecule has 106 valence electrons. The molecule has 1 rings (SSSR count). The molecule has 0 fully saturated rings.